The highest BCUT2D eigenvalue weighted by molar-refractivity contribution is 9.10. The third kappa shape index (κ3) is 2.88. The summed E-state index contributed by atoms with van der Waals surface area (Å²) in [6, 6.07) is 6.25. The van der Waals surface area contributed by atoms with Gasteiger partial charge in [0.25, 0.3) is 0 Å². The Kier molecular flexibility index (Phi) is 3.84. The number of benzene rings is 1. The fraction of sp³-hybridized carbons (Fsp3) is 0.308. The van der Waals surface area contributed by atoms with Crippen LogP contribution in [0, 0.1) is 6.92 Å². The highest BCUT2D eigenvalue weighted by atomic mass is 79.9. The van der Waals surface area contributed by atoms with Crippen LogP contribution in [0.5, 0.6) is 0 Å². The molecule has 0 radical (unpaired) electrons. The molecule has 0 amide bonds. The molecule has 0 unspecified atom stereocenters. The van der Waals surface area contributed by atoms with Crippen LogP contribution in [0.25, 0.3) is 0 Å². The summed E-state index contributed by atoms with van der Waals surface area (Å²) >= 11 is 3.47. The Morgan fingerprint density at radius 2 is 2.24 bits per heavy atom. The molecule has 1 aromatic heterocycles. The Morgan fingerprint density at radius 3 is 2.94 bits per heavy atom. The molecule has 2 rings (SSSR count). The van der Waals surface area contributed by atoms with Crippen molar-refractivity contribution in [2.75, 3.05) is 5.32 Å². The summed E-state index contributed by atoms with van der Waals surface area (Å²) < 4.78 is 3.25. The first-order valence-electron chi connectivity index (χ1n) is 5.69. The maximum atomic E-state index is 4.16. The van der Waals surface area contributed by atoms with Crippen LogP contribution in [0.15, 0.2) is 35.2 Å². The monoisotopic (exact) mass is 293 g/mol. The van der Waals surface area contributed by atoms with E-state index in [4.69, 9.17) is 0 Å². The van der Waals surface area contributed by atoms with Gasteiger partial charge in [0.05, 0.1) is 18.6 Å². The summed E-state index contributed by atoms with van der Waals surface area (Å²) in [7, 11) is 0. The van der Waals surface area contributed by atoms with Gasteiger partial charge in [0.15, 0.2) is 0 Å². The van der Waals surface area contributed by atoms with Gasteiger partial charge >= 0.3 is 0 Å². The lowest BCUT2D eigenvalue weighted by molar-refractivity contribution is 0.719. The van der Waals surface area contributed by atoms with E-state index in [2.05, 4.69) is 56.8 Å². The summed E-state index contributed by atoms with van der Waals surface area (Å²) in [6.07, 6.45) is 3.77. The van der Waals surface area contributed by atoms with Crippen molar-refractivity contribution in [3.8, 4) is 0 Å². The minimum absolute atomic E-state index is 0.802. The molecule has 3 nitrogen and oxygen atoms in total. The lowest BCUT2D eigenvalue weighted by atomic mass is 10.2. The third-order valence-electron chi connectivity index (χ3n) is 2.79. The zero-order chi connectivity index (χ0) is 12.3. The maximum Gasteiger partial charge on any atom is 0.0948 e. The predicted molar refractivity (Wildman–Crippen MR) is 74.1 cm³/mol. The molecule has 0 saturated heterocycles. The zero-order valence-corrected chi connectivity index (χ0v) is 11.7. The predicted octanol–water partition coefficient (Wildman–Crippen LogP) is 3.59. The van der Waals surface area contributed by atoms with Crippen LogP contribution in [-0.4, -0.2) is 9.55 Å². The molecule has 17 heavy (non-hydrogen) atoms. The van der Waals surface area contributed by atoms with Crippen LogP contribution >= 0.6 is 15.9 Å². The van der Waals surface area contributed by atoms with E-state index in [0.29, 0.717) is 0 Å². The summed E-state index contributed by atoms with van der Waals surface area (Å²) in [4.78, 5) is 4.16. The van der Waals surface area contributed by atoms with Crippen molar-refractivity contribution in [3.63, 3.8) is 0 Å². The summed E-state index contributed by atoms with van der Waals surface area (Å²) in [5.41, 5.74) is 3.61. The number of nitrogens with zero attached hydrogens (tertiary/aromatic N) is 2. The molecule has 1 N–H and O–H groups in total. The quantitative estimate of drug-likeness (QED) is 0.934. The van der Waals surface area contributed by atoms with Gasteiger partial charge in [0.1, 0.15) is 0 Å². The highest BCUT2D eigenvalue weighted by Crippen LogP contribution is 2.20. The molecule has 0 aliphatic carbocycles. The molecule has 2 aromatic rings. The number of anilines is 1. The first-order chi connectivity index (χ1) is 8.20. The normalized spacial score (nSPS) is 10.5. The number of hydrogen-bond acceptors (Lipinski definition) is 2. The second-order valence-corrected chi connectivity index (χ2v) is 4.90. The van der Waals surface area contributed by atoms with Crippen molar-refractivity contribution in [2.24, 2.45) is 0 Å². The van der Waals surface area contributed by atoms with E-state index in [9.17, 15) is 0 Å². The lowest BCUT2D eigenvalue weighted by Crippen LogP contribution is -2.06. The molecule has 0 spiro atoms. The van der Waals surface area contributed by atoms with Gasteiger partial charge in [-0.3, -0.25) is 0 Å². The molecule has 0 bridgehead atoms. The summed E-state index contributed by atoms with van der Waals surface area (Å²) in [6.45, 7) is 5.98. The van der Waals surface area contributed by atoms with Gasteiger partial charge < -0.3 is 9.88 Å². The van der Waals surface area contributed by atoms with Crippen LogP contribution in [-0.2, 0) is 13.1 Å². The Labute approximate surface area is 110 Å². The molecule has 90 valence electrons. The minimum atomic E-state index is 0.802. The number of nitrogens with one attached hydrogen (secondary N) is 1. The smallest absolute Gasteiger partial charge is 0.0948 e. The largest absolute Gasteiger partial charge is 0.379 e. The van der Waals surface area contributed by atoms with Crippen molar-refractivity contribution in [1.29, 1.82) is 0 Å². The van der Waals surface area contributed by atoms with Gasteiger partial charge in [0.2, 0.25) is 0 Å². The van der Waals surface area contributed by atoms with E-state index in [0.717, 1.165) is 23.2 Å². The van der Waals surface area contributed by atoms with Crippen LogP contribution in [0.2, 0.25) is 0 Å². The van der Waals surface area contributed by atoms with Crippen molar-refractivity contribution in [2.45, 2.75) is 26.9 Å². The minimum Gasteiger partial charge on any atom is -0.379 e. The average molecular weight is 294 g/mol. The lowest BCUT2D eigenvalue weighted by Gasteiger charge is -2.11. The summed E-state index contributed by atoms with van der Waals surface area (Å²) in [5, 5.41) is 3.44. The topological polar surface area (TPSA) is 29.9 Å². The Morgan fingerprint density at radius 1 is 1.41 bits per heavy atom. The summed E-state index contributed by atoms with van der Waals surface area (Å²) in [5.74, 6) is 0. The van der Waals surface area contributed by atoms with Crippen molar-refractivity contribution in [1.82, 2.24) is 9.55 Å². The molecular formula is C13H16BrN3. The van der Waals surface area contributed by atoms with E-state index in [1.54, 1.807) is 0 Å². The molecule has 4 heteroatoms. The van der Waals surface area contributed by atoms with Crippen LogP contribution in [0.4, 0.5) is 5.69 Å². The molecule has 1 heterocycles. The fourth-order valence-corrected chi connectivity index (χ4v) is 2.27. The van der Waals surface area contributed by atoms with Crippen molar-refractivity contribution in [3.05, 3.63) is 46.5 Å². The third-order valence-corrected chi connectivity index (χ3v) is 3.28. The number of aryl methyl sites for hydroxylation is 2. The average Bonchev–Trinajstić information content (AvgIpc) is 2.75. The van der Waals surface area contributed by atoms with Gasteiger partial charge in [-0.05, 0) is 37.6 Å². The van der Waals surface area contributed by atoms with Gasteiger partial charge in [-0.1, -0.05) is 15.9 Å². The number of rotatable bonds is 4. The van der Waals surface area contributed by atoms with Crippen LogP contribution in [0.3, 0.4) is 0 Å². The number of aromatic nitrogens is 2. The van der Waals surface area contributed by atoms with E-state index in [1.807, 2.05) is 18.6 Å². The second-order valence-electron chi connectivity index (χ2n) is 3.98. The van der Waals surface area contributed by atoms with Crippen LogP contribution < -0.4 is 5.32 Å². The van der Waals surface area contributed by atoms with Gasteiger partial charge in [-0.15, -0.1) is 0 Å². The van der Waals surface area contributed by atoms with E-state index in [-0.39, 0.29) is 0 Å². The highest BCUT2D eigenvalue weighted by Gasteiger charge is 2.02. The first-order valence-corrected chi connectivity index (χ1v) is 6.49. The first kappa shape index (κ1) is 12.2. The Bertz CT molecular complexity index is 505. The molecule has 0 aliphatic heterocycles. The van der Waals surface area contributed by atoms with E-state index in [1.165, 1.54) is 11.3 Å². The Hall–Kier alpha value is -1.29. The molecule has 1 aromatic carbocycles. The second kappa shape index (κ2) is 5.36. The standard InChI is InChI=1S/C13H16BrN3/c1-3-17-9-15-7-12(17)8-16-13-5-4-11(14)6-10(13)2/h4-7,9,16H,3,8H2,1-2H3. The fourth-order valence-electron chi connectivity index (χ4n) is 1.79. The van der Waals surface area contributed by atoms with Crippen LogP contribution in [0.1, 0.15) is 18.2 Å². The van der Waals surface area contributed by atoms with E-state index < -0.39 is 0 Å². The van der Waals surface area contributed by atoms with Gasteiger partial charge in [0, 0.05) is 22.9 Å². The van der Waals surface area contributed by atoms with Gasteiger partial charge in [-0.2, -0.15) is 0 Å². The zero-order valence-electron chi connectivity index (χ0n) is 10.1. The van der Waals surface area contributed by atoms with Crippen molar-refractivity contribution >= 4 is 21.6 Å². The van der Waals surface area contributed by atoms with E-state index >= 15 is 0 Å². The molecule has 0 aliphatic rings. The number of imidazole rings is 1. The SMILES string of the molecule is CCn1cncc1CNc1ccc(Br)cc1C. The molecule has 0 fully saturated rings. The number of hydrogen-bond donors (Lipinski definition) is 1. The maximum absolute atomic E-state index is 4.16. The molecular weight excluding hydrogens is 278 g/mol. The van der Waals surface area contributed by atoms with Crippen molar-refractivity contribution < 1.29 is 0 Å². The number of halogens is 1. The molecule has 0 saturated carbocycles. The Balaban J connectivity index is 2.07. The molecule has 0 atom stereocenters. The van der Waals surface area contributed by atoms with Gasteiger partial charge in [-0.25, -0.2) is 4.98 Å².